The minimum Gasteiger partial charge on any atom is -0.504 e. The fourth-order valence-corrected chi connectivity index (χ4v) is 11.3. The summed E-state index contributed by atoms with van der Waals surface area (Å²) in [5.74, 6) is 4.83. The summed E-state index contributed by atoms with van der Waals surface area (Å²) in [6, 6.07) is 30.5. The number of carbonyl (C=O) groups excluding carboxylic acids is 2. The van der Waals surface area contributed by atoms with Gasteiger partial charge < -0.3 is 58.7 Å². The van der Waals surface area contributed by atoms with E-state index < -0.39 is 17.2 Å². The van der Waals surface area contributed by atoms with Gasteiger partial charge >= 0.3 is 18.1 Å². The number of methoxy groups -OCH3 is 2. The quantitative estimate of drug-likeness (QED) is 0.0264. The Morgan fingerprint density at radius 2 is 0.900 bits per heavy atom. The Hall–Kier alpha value is -6.69. The molecule has 0 spiro atoms. The zero-order valence-electron chi connectivity index (χ0n) is 64.9. The van der Waals surface area contributed by atoms with Gasteiger partial charge in [0, 0.05) is 36.9 Å². The molecule has 5 N–H and O–H groups in total. The highest BCUT2D eigenvalue weighted by molar-refractivity contribution is 5.78. The first-order valence-electron chi connectivity index (χ1n) is 36.0. The Balaban J connectivity index is 0.000000319. The largest absolute Gasteiger partial charge is 0.504 e. The number of alkyl halides is 3. The first-order chi connectivity index (χ1) is 46.3. The smallest absolute Gasteiger partial charge is 0.421 e. The van der Waals surface area contributed by atoms with Crippen LogP contribution < -0.4 is 14.2 Å². The van der Waals surface area contributed by atoms with E-state index in [2.05, 4.69) is 154 Å². The molecule has 0 radical (unpaired) electrons. The third-order valence-electron chi connectivity index (χ3n) is 19.6. The number of benzene rings is 5. The molecule has 3 aliphatic rings. The molecule has 100 heavy (non-hydrogen) atoms. The number of aromatic hydroxyl groups is 4. The average molecular weight is 1400 g/mol. The Morgan fingerprint density at radius 1 is 0.520 bits per heavy atom. The van der Waals surface area contributed by atoms with Gasteiger partial charge in [-0.05, 0) is 204 Å². The van der Waals surface area contributed by atoms with E-state index in [-0.39, 0.29) is 87.6 Å². The molecular formula is C83H125F3O14. The summed E-state index contributed by atoms with van der Waals surface area (Å²) in [6.45, 7) is 46.5. The minimum absolute atomic E-state index is 0.0344. The molecule has 14 nitrogen and oxygen atoms in total. The molecule has 13 atom stereocenters. The summed E-state index contributed by atoms with van der Waals surface area (Å²) in [6.07, 6.45) is 2.01. The van der Waals surface area contributed by atoms with Gasteiger partial charge in [-0.3, -0.25) is 9.59 Å². The van der Waals surface area contributed by atoms with Gasteiger partial charge in [0.25, 0.3) is 0 Å². The molecule has 1 aliphatic heterocycles. The number of halogens is 3. The molecule has 1 heterocycles. The highest BCUT2D eigenvalue weighted by atomic mass is 19.4. The van der Waals surface area contributed by atoms with Gasteiger partial charge in [0.15, 0.2) is 40.1 Å². The summed E-state index contributed by atoms with van der Waals surface area (Å²) in [4.78, 5) is 23.7. The van der Waals surface area contributed by atoms with Crippen LogP contribution in [0, 0.1) is 34.0 Å². The van der Waals surface area contributed by atoms with E-state index in [1.807, 2.05) is 52.8 Å². The number of hydrogen-bond acceptors (Lipinski definition) is 14. The molecule has 17 heteroatoms. The van der Waals surface area contributed by atoms with E-state index in [9.17, 15) is 38.1 Å². The van der Waals surface area contributed by atoms with Crippen molar-refractivity contribution in [3.05, 3.63) is 137 Å². The number of phenols is 4. The van der Waals surface area contributed by atoms with E-state index in [1.54, 1.807) is 38.5 Å². The monoisotopic (exact) mass is 1400 g/mol. The van der Waals surface area contributed by atoms with E-state index in [4.69, 9.17) is 43.4 Å². The molecule has 2 saturated carbocycles. The predicted molar refractivity (Wildman–Crippen MR) is 394 cm³/mol. The van der Waals surface area contributed by atoms with Crippen LogP contribution in [0.3, 0.4) is 0 Å². The fourth-order valence-electron chi connectivity index (χ4n) is 11.3. The number of rotatable bonds is 21. The molecule has 8 rings (SSSR count). The first kappa shape index (κ1) is 87.5. The van der Waals surface area contributed by atoms with Gasteiger partial charge in [-0.15, -0.1) is 0 Å². The predicted octanol–water partition coefficient (Wildman–Crippen LogP) is 21.5. The van der Waals surface area contributed by atoms with Crippen molar-refractivity contribution in [3.63, 3.8) is 0 Å². The third-order valence-corrected chi connectivity index (χ3v) is 19.6. The summed E-state index contributed by atoms with van der Waals surface area (Å²) in [5, 5.41) is 46.0. The molecule has 3 fully saturated rings. The van der Waals surface area contributed by atoms with E-state index in [1.165, 1.54) is 41.8 Å². The number of hydrogen-bond donors (Lipinski definition) is 5. The molecule has 13 unspecified atom stereocenters. The molecule has 0 amide bonds. The molecule has 2 aliphatic carbocycles. The van der Waals surface area contributed by atoms with Gasteiger partial charge in [-0.1, -0.05) is 172 Å². The second-order valence-corrected chi connectivity index (χ2v) is 31.3. The van der Waals surface area contributed by atoms with Crippen LogP contribution >= 0.6 is 0 Å². The maximum absolute atomic E-state index is 12.6. The molecule has 562 valence electrons. The van der Waals surface area contributed by atoms with E-state index >= 15 is 0 Å². The van der Waals surface area contributed by atoms with Crippen molar-refractivity contribution in [3.8, 4) is 40.2 Å². The van der Waals surface area contributed by atoms with Gasteiger partial charge in [0.05, 0.1) is 11.3 Å². The first-order valence-corrected chi connectivity index (χ1v) is 36.0. The minimum atomic E-state index is -4.66. The van der Waals surface area contributed by atoms with Crippen molar-refractivity contribution in [2.45, 2.75) is 282 Å². The Bertz CT molecular complexity index is 3210. The Labute approximate surface area is 598 Å². The van der Waals surface area contributed by atoms with Crippen LogP contribution in [0.25, 0.3) is 0 Å². The molecule has 1 saturated heterocycles. The maximum atomic E-state index is 12.6. The second-order valence-electron chi connectivity index (χ2n) is 31.3. The number of aliphatic hydroxyl groups is 1. The molecule has 5 aromatic carbocycles. The summed E-state index contributed by atoms with van der Waals surface area (Å²) < 4.78 is 78.2. The van der Waals surface area contributed by atoms with Crippen LogP contribution in [-0.2, 0) is 34.1 Å². The van der Waals surface area contributed by atoms with Gasteiger partial charge in [0.2, 0.25) is 12.6 Å². The lowest BCUT2D eigenvalue weighted by atomic mass is 9.87. The lowest BCUT2D eigenvalue weighted by Gasteiger charge is -2.33. The van der Waals surface area contributed by atoms with Gasteiger partial charge in [-0.25, -0.2) is 0 Å². The lowest BCUT2D eigenvalue weighted by molar-refractivity contribution is -0.258. The summed E-state index contributed by atoms with van der Waals surface area (Å²) >= 11 is 0. The summed E-state index contributed by atoms with van der Waals surface area (Å²) in [5.41, 5.74) is 1.91. The zero-order chi connectivity index (χ0) is 76.2. The SMILES string of the molecule is CCC(C)(C)C(=O)OC1C2CC3C(=O)OC1C3C2.CCC(C)c1ccc(C(C)(O)C(F)(F)F)cc1.CCC(C)c1ccc(O)c(O)c1.CCC(C)c1ccc(O)c(O)c1.CCC(C)c1ccc(OC(C)(C)C)cc1.CCC(C)c1ccc(OC(OC)C(C)(C)C)c(OC(OC)C(C)(C)C)c1. The molecule has 0 aromatic heterocycles. The van der Waals surface area contributed by atoms with Crippen LogP contribution in [0.15, 0.2) is 103 Å². The normalized spacial score (nSPS) is 19.7. The van der Waals surface area contributed by atoms with E-state index in [0.717, 1.165) is 74.3 Å². The maximum Gasteiger partial charge on any atom is 0.421 e. The van der Waals surface area contributed by atoms with Crippen molar-refractivity contribution >= 4 is 11.9 Å². The Morgan fingerprint density at radius 3 is 1.27 bits per heavy atom. The zero-order valence-corrected chi connectivity index (χ0v) is 64.9. The second kappa shape index (κ2) is 38.0. The number of fused-ring (bicyclic) bond motifs is 1. The van der Waals surface area contributed by atoms with Gasteiger partial charge in [0.1, 0.15) is 23.6 Å². The van der Waals surface area contributed by atoms with Crippen molar-refractivity contribution in [1.82, 2.24) is 0 Å². The van der Waals surface area contributed by atoms with Crippen molar-refractivity contribution in [2.75, 3.05) is 14.2 Å². The summed E-state index contributed by atoms with van der Waals surface area (Å²) in [7, 11) is 3.33. The Kier molecular flexibility index (Phi) is 33.3. The fraction of sp³-hybridized carbons (Fsp3) is 0.614. The number of phenolic OH excluding ortho intramolecular Hbond substituents is 4. The van der Waals surface area contributed by atoms with Crippen molar-refractivity contribution < 1.29 is 81.5 Å². The topological polar surface area (TPSA) is 200 Å². The standard InChI is InChI=1S/C22H38O4.C14H20O4.C14H22O.C13H17F3O.2C10H14O2/c1-11-15(2)16-12-13-17(25-19(23-9)21(3,4)5)18(14-16)26-20(24-10)22(6,7)8;1-4-14(2,3)13(16)18-10-7-5-8-9(6-7)12(15)17-11(8)10;1-6-11(2)12-7-9-13(10-8-12)15-14(3,4)5;1-4-9(2)10-5-7-11(8-6-10)12(3,17)13(14,15)16;2*1-3-7(2)8-4-5-9(11)10(12)6-8/h12-15,19-20H,11H2,1-10H3;7-11H,4-6H2,1-3H3;7-11H,6H2,1-5H3;5-9,17H,4H2,1-3H3;2*4-7,11-12H,3H2,1-2H3. The van der Waals surface area contributed by atoms with Crippen molar-refractivity contribution in [1.29, 1.82) is 0 Å². The number of carbonyl (C=O) groups is 2. The molecule has 2 bridgehead atoms. The van der Waals surface area contributed by atoms with Crippen LogP contribution in [0.5, 0.6) is 40.2 Å². The van der Waals surface area contributed by atoms with Crippen molar-refractivity contribution in [2.24, 2.45) is 34.0 Å². The highest BCUT2D eigenvalue weighted by Gasteiger charge is 2.63. The number of ether oxygens (including phenoxy) is 7. The van der Waals surface area contributed by atoms with E-state index in [0.29, 0.717) is 52.9 Å². The lowest BCUT2D eigenvalue weighted by Crippen LogP contribution is -2.39. The van der Waals surface area contributed by atoms with Gasteiger partial charge in [-0.2, -0.15) is 13.2 Å². The molecular weight excluding hydrogens is 1280 g/mol. The molecule has 5 aromatic rings. The van der Waals surface area contributed by atoms with Crippen LogP contribution in [0.1, 0.15) is 274 Å². The highest BCUT2D eigenvalue weighted by Crippen LogP contribution is 2.56. The van der Waals surface area contributed by atoms with Crippen LogP contribution in [0.2, 0.25) is 0 Å². The third kappa shape index (κ3) is 25.4. The van der Waals surface area contributed by atoms with Crippen LogP contribution in [-0.4, -0.2) is 88.3 Å². The average Bonchev–Trinajstić information content (AvgIpc) is 1.57. The van der Waals surface area contributed by atoms with Crippen LogP contribution in [0.4, 0.5) is 13.2 Å². The number of esters is 2.